The number of carbonyl (C=O) groups is 3. The minimum Gasteiger partial charge on any atom is -0.465 e. The maximum absolute atomic E-state index is 11.3. The summed E-state index contributed by atoms with van der Waals surface area (Å²) < 4.78 is 9.26. The highest BCUT2D eigenvalue weighted by Crippen LogP contribution is 2.38. The summed E-state index contributed by atoms with van der Waals surface area (Å²) in [6, 6.07) is 0. The Hall–Kier alpha value is -1.65. The van der Waals surface area contributed by atoms with Crippen LogP contribution in [0.5, 0.6) is 0 Å². The first-order valence-electron chi connectivity index (χ1n) is 4.74. The van der Waals surface area contributed by atoms with Crippen molar-refractivity contribution in [1.82, 2.24) is 0 Å². The molecular formula is C10H10O5. The van der Waals surface area contributed by atoms with Gasteiger partial charge in [0.1, 0.15) is 5.76 Å². The highest BCUT2D eigenvalue weighted by atomic mass is 16.6. The van der Waals surface area contributed by atoms with E-state index >= 15 is 0 Å². The van der Waals surface area contributed by atoms with Crippen molar-refractivity contribution in [2.45, 2.75) is 19.3 Å². The average molecular weight is 210 g/mol. The van der Waals surface area contributed by atoms with Crippen molar-refractivity contribution in [3.05, 3.63) is 11.3 Å². The van der Waals surface area contributed by atoms with Gasteiger partial charge in [-0.3, -0.25) is 4.79 Å². The summed E-state index contributed by atoms with van der Waals surface area (Å²) >= 11 is 0. The predicted octanol–water partition coefficient (Wildman–Crippen LogP) is 0.339. The first-order chi connectivity index (χ1) is 7.15. The second-order valence-electron chi connectivity index (χ2n) is 3.58. The first-order valence-corrected chi connectivity index (χ1v) is 4.74. The Bertz CT molecular complexity index is 375. The Balaban J connectivity index is 2.35. The van der Waals surface area contributed by atoms with Gasteiger partial charge in [-0.25, -0.2) is 9.59 Å². The summed E-state index contributed by atoms with van der Waals surface area (Å²) in [6.45, 7) is 0. The average Bonchev–Trinajstić information content (AvgIpc) is 2.40. The lowest BCUT2D eigenvalue weighted by Crippen LogP contribution is -2.19. The minimum atomic E-state index is -0.975. The maximum Gasteiger partial charge on any atom is 0.385 e. The first kappa shape index (κ1) is 9.89. The highest BCUT2D eigenvalue weighted by molar-refractivity contribution is 6.48. The van der Waals surface area contributed by atoms with Crippen LogP contribution in [0.4, 0.5) is 0 Å². The molecule has 0 atom stereocenters. The molecule has 0 saturated heterocycles. The van der Waals surface area contributed by atoms with Crippen LogP contribution in [0.2, 0.25) is 0 Å². The Kier molecular flexibility index (Phi) is 2.30. The number of allylic oxidation sites excluding steroid dienone is 1. The second-order valence-corrected chi connectivity index (χ2v) is 3.58. The monoisotopic (exact) mass is 210 g/mol. The summed E-state index contributed by atoms with van der Waals surface area (Å²) in [5.41, 5.74) is -0.216. The topological polar surface area (TPSA) is 69.7 Å². The van der Waals surface area contributed by atoms with Crippen LogP contribution in [-0.4, -0.2) is 24.8 Å². The van der Waals surface area contributed by atoms with E-state index in [0.717, 1.165) is 19.3 Å². The number of carbonyl (C=O) groups excluding carboxylic acids is 3. The number of esters is 2. The molecule has 5 heteroatoms. The van der Waals surface area contributed by atoms with Crippen LogP contribution in [0, 0.1) is 5.92 Å². The second kappa shape index (κ2) is 3.49. The van der Waals surface area contributed by atoms with Gasteiger partial charge < -0.3 is 9.47 Å². The molecule has 0 amide bonds. The summed E-state index contributed by atoms with van der Waals surface area (Å²) in [7, 11) is 1.17. The standard InChI is InChI=1S/C10H10O5/c1-14-9(12)6-7(11)10(13)15-8(6)5-3-2-4-5/h5H,2-4H2,1H3. The van der Waals surface area contributed by atoms with E-state index in [2.05, 4.69) is 4.74 Å². The van der Waals surface area contributed by atoms with E-state index in [0.29, 0.717) is 0 Å². The van der Waals surface area contributed by atoms with E-state index in [1.54, 1.807) is 0 Å². The van der Waals surface area contributed by atoms with Gasteiger partial charge in [-0.1, -0.05) is 6.42 Å². The van der Waals surface area contributed by atoms with E-state index in [1.807, 2.05) is 0 Å². The van der Waals surface area contributed by atoms with Crippen LogP contribution in [0.1, 0.15) is 19.3 Å². The van der Waals surface area contributed by atoms with E-state index in [1.165, 1.54) is 7.11 Å². The zero-order chi connectivity index (χ0) is 11.0. The number of methoxy groups -OCH3 is 1. The smallest absolute Gasteiger partial charge is 0.385 e. The molecule has 0 radical (unpaired) electrons. The summed E-state index contributed by atoms with van der Waals surface area (Å²) in [4.78, 5) is 33.7. The molecule has 0 bridgehead atoms. The molecule has 0 N–H and O–H groups in total. The van der Waals surface area contributed by atoms with Gasteiger partial charge in [-0.15, -0.1) is 0 Å². The van der Waals surface area contributed by atoms with Gasteiger partial charge in [-0.2, -0.15) is 0 Å². The van der Waals surface area contributed by atoms with Crippen LogP contribution in [0.25, 0.3) is 0 Å². The minimum absolute atomic E-state index is 0.0227. The molecule has 0 unspecified atom stereocenters. The number of ketones is 1. The van der Waals surface area contributed by atoms with Crippen LogP contribution < -0.4 is 0 Å². The quantitative estimate of drug-likeness (QED) is 0.373. The molecule has 1 aliphatic carbocycles. The van der Waals surface area contributed by atoms with Gasteiger partial charge in [0.25, 0.3) is 5.78 Å². The molecule has 1 heterocycles. The van der Waals surface area contributed by atoms with Gasteiger partial charge in [0, 0.05) is 5.92 Å². The molecule has 0 aromatic heterocycles. The molecule has 5 nitrogen and oxygen atoms in total. The normalized spacial score (nSPS) is 21.4. The Morgan fingerprint density at radius 1 is 1.40 bits per heavy atom. The zero-order valence-electron chi connectivity index (χ0n) is 8.24. The van der Waals surface area contributed by atoms with Gasteiger partial charge in [0.05, 0.1) is 7.11 Å². The van der Waals surface area contributed by atoms with Crippen molar-refractivity contribution < 1.29 is 23.9 Å². The fourth-order valence-electron chi connectivity index (χ4n) is 1.66. The van der Waals surface area contributed by atoms with E-state index in [4.69, 9.17) is 4.74 Å². The number of rotatable bonds is 2. The summed E-state index contributed by atoms with van der Waals surface area (Å²) in [5.74, 6) is -2.41. The molecule has 0 aromatic rings. The molecule has 2 aliphatic rings. The highest BCUT2D eigenvalue weighted by Gasteiger charge is 2.43. The van der Waals surface area contributed by atoms with Crippen molar-refractivity contribution in [3.63, 3.8) is 0 Å². The van der Waals surface area contributed by atoms with E-state index in [9.17, 15) is 14.4 Å². The van der Waals surface area contributed by atoms with Crippen LogP contribution >= 0.6 is 0 Å². The number of ether oxygens (including phenoxy) is 2. The molecule has 2 rings (SSSR count). The fraction of sp³-hybridized carbons (Fsp3) is 0.500. The van der Waals surface area contributed by atoms with Gasteiger partial charge in [0.2, 0.25) is 0 Å². The lowest BCUT2D eigenvalue weighted by atomic mass is 9.82. The number of hydrogen-bond donors (Lipinski definition) is 0. The molecule has 0 spiro atoms. The molecule has 0 aromatic carbocycles. The van der Waals surface area contributed by atoms with E-state index < -0.39 is 17.7 Å². The molecule has 1 aliphatic heterocycles. The third-order valence-electron chi connectivity index (χ3n) is 2.73. The van der Waals surface area contributed by atoms with Crippen molar-refractivity contribution in [2.24, 2.45) is 5.92 Å². The van der Waals surface area contributed by atoms with Crippen LogP contribution in [-0.2, 0) is 23.9 Å². The molecular weight excluding hydrogens is 200 g/mol. The number of cyclic esters (lactones) is 1. The van der Waals surface area contributed by atoms with Crippen molar-refractivity contribution in [3.8, 4) is 0 Å². The molecule has 15 heavy (non-hydrogen) atoms. The lowest BCUT2D eigenvalue weighted by molar-refractivity contribution is -0.148. The van der Waals surface area contributed by atoms with E-state index in [-0.39, 0.29) is 17.3 Å². The van der Waals surface area contributed by atoms with Crippen molar-refractivity contribution in [2.75, 3.05) is 7.11 Å². The third kappa shape index (κ3) is 1.44. The molecule has 1 fully saturated rings. The third-order valence-corrected chi connectivity index (χ3v) is 2.73. The van der Waals surface area contributed by atoms with Gasteiger partial charge >= 0.3 is 11.9 Å². The molecule has 80 valence electrons. The maximum atomic E-state index is 11.3. The van der Waals surface area contributed by atoms with Crippen LogP contribution in [0.15, 0.2) is 11.3 Å². The Labute approximate surface area is 86.0 Å². The summed E-state index contributed by atoms with van der Waals surface area (Å²) in [6.07, 6.45) is 2.71. The van der Waals surface area contributed by atoms with Gasteiger partial charge in [-0.05, 0) is 12.8 Å². The van der Waals surface area contributed by atoms with Gasteiger partial charge in [0.15, 0.2) is 5.57 Å². The van der Waals surface area contributed by atoms with Crippen molar-refractivity contribution in [1.29, 1.82) is 0 Å². The predicted molar refractivity (Wildman–Crippen MR) is 47.5 cm³/mol. The largest absolute Gasteiger partial charge is 0.465 e. The fourth-order valence-corrected chi connectivity index (χ4v) is 1.66. The zero-order valence-corrected chi connectivity index (χ0v) is 8.24. The SMILES string of the molecule is COC(=O)C1=C(C2CCC2)OC(=O)C1=O. The Morgan fingerprint density at radius 3 is 2.53 bits per heavy atom. The van der Waals surface area contributed by atoms with Crippen molar-refractivity contribution >= 4 is 17.7 Å². The summed E-state index contributed by atoms with van der Waals surface area (Å²) in [5, 5.41) is 0. The van der Waals surface area contributed by atoms with Crippen LogP contribution in [0.3, 0.4) is 0 Å². The lowest BCUT2D eigenvalue weighted by Gasteiger charge is -2.25. The molecule has 1 saturated carbocycles. The Morgan fingerprint density at radius 2 is 2.07 bits per heavy atom. The number of Topliss-reactive ketones (excluding diaryl/α,β-unsaturated/α-hetero) is 1. The number of hydrogen-bond acceptors (Lipinski definition) is 5.